The largest absolute Gasteiger partial charge is 0.464 e. The van der Waals surface area contributed by atoms with Crippen molar-refractivity contribution in [1.29, 1.82) is 0 Å². The molecular formula is C18H15N3O6. The molecule has 2 aromatic carbocycles. The molecule has 2 aromatic rings. The van der Waals surface area contributed by atoms with Crippen molar-refractivity contribution >= 4 is 23.3 Å². The predicted molar refractivity (Wildman–Crippen MR) is 93.7 cm³/mol. The van der Waals surface area contributed by atoms with Gasteiger partial charge in [0.1, 0.15) is 0 Å². The van der Waals surface area contributed by atoms with Crippen molar-refractivity contribution in [2.75, 3.05) is 7.11 Å². The van der Waals surface area contributed by atoms with Crippen LogP contribution in [0.25, 0.3) is 0 Å². The summed E-state index contributed by atoms with van der Waals surface area (Å²) < 4.78 is 4.63. The smallest absolute Gasteiger partial charge is 0.354 e. The Morgan fingerprint density at radius 2 is 1.93 bits per heavy atom. The summed E-state index contributed by atoms with van der Waals surface area (Å²) in [6.45, 7) is 0. The van der Waals surface area contributed by atoms with Gasteiger partial charge >= 0.3 is 5.97 Å². The second kappa shape index (κ2) is 6.96. The molecule has 3 rings (SSSR count). The summed E-state index contributed by atoms with van der Waals surface area (Å²) in [5.74, 6) is -1.47. The van der Waals surface area contributed by atoms with Gasteiger partial charge < -0.3 is 9.84 Å². The van der Waals surface area contributed by atoms with Gasteiger partial charge in [-0.15, -0.1) is 0 Å². The number of carbonyl (C=O) groups excluding carboxylic acids is 2. The number of aliphatic hydroxyl groups is 1. The molecule has 1 unspecified atom stereocenters. The lowest BCUT2D eigenvalue weighted by Crippen LogP contribution is -2.43. The first-order valence-electron chi connectivity index (χ1n) is 7.89. The molecule has 1 aliphatic rings. The number of amides is 1. The van der Waals surface area contributed by atoms with E-state index in [1.807, 2.05) is 0 Å². The average molecular weight is 369 g/mol. The summed E-state index contributed by atoms with van der Waals surface area (Å²) in [5.41, 5.74) is -2.21. The molecule has 0 saturated carbocycles. The molecular weight excluding hydrogens is 354 g/mol. The van der Waals surface area contributed by atoms with E-state index in [0.717, 1.165) is 18.2 Å². The Kier molecular flexibility index (Phi) is 4.70. The van der Waals surface area contributed by atoms with Gasteiger partial charge in [0, 0.05) is 23.3 Å². The molecule has 9 heteroatoms. The highest BCUT2D eigenvalue weighted by atomic mass is 16.6. The van der Waals surface area contributed by atoms with Crippen molar-refractivity contribution in [2.24, 2.45) is 5.10 Å². The SMILES string of the molecule is COC(=O)C1=NN(C(=O)c2ccccc2)C(O)(c2cccc([N+](=O)[O-])c2)C1. The van der Waals surface area contributed by atoms with E-state index in [9.17, 15) is 24.8 Å². The van der Waals surface area contributed by atoms with Crippen molar-refractivity contribution in [3.8, 4) is 0 Å². The van der Waals surface area contributed by atoms with Gasteiger partial charge in [-0.2, -0.15) is 10.1 Å². The van der Waals surface area contributed by atoms with Crippen molar-refractivity contribution in [1.82, 2.24) is 5.01 Å². The Bertz CT molecular complexity index is 943. The highest BCUT2D eigenvalue weighted by Gasteiger charge is 2.48. The molecule has 1 aliphatic heterocycles. The number of ether oxygens (including phenoxy) is 1. The normalized spacial score (nSPS) is 18.7. The molecule has 27 heavy (non-hydrogen) atoms. The number of nitro groups is 1. The molecule has 0 fully saturated rings. The summed E-state index contributed by atoms with van der Waals surface area (Å²) in [6.07, 6.45) is -0.362. The van der Waals surface area contributed by atoms with Gasteiger partial charge in [-0.1, -0.05) is 30.3 Å². The van der Waals surface area contributed by atoms with E-state index in [4.69, 9.17) is 0 Å². The summed E-state index contributed by atoms with van der Waals surface area (Å²) in [7, 11) is 1.15. The van der Waals surface area contributed by atoms with Crippen LogP contribution in [0.1, 0.15) is 22.3 Å². The molecule has 0 aliphatic carbocycles. The molecule has 9 nitrogen and oxygen atoms in total. The molecule has 0 bridgehead atoms. The van der Waals surface area contributed by atoms with Crippen LogP contribution in [0.3, 0.4) is 0 Å². The van der Waals surface area contributed by atoms with Gasteiger partial charge in [-0.05, 0) is 12.1 Å². The first-order chi connectivity index (χ1) is 12.9. The number of benzene rings is 2. The van der Waals surface area contributed by atoms with E-state index in [0.29, 0.717) is 0 Å². The quantitative estimate of drug-likeness (QED) is 0.498. The molecule has 0 spiro atoms. The number of esters is 1. The standard InChI is InChI=1S/C18H15N3O6/c1-27-17(23)15-11-18(24,13-8-5-9-14(10-13)21(25)26)20(19-15)16(22)12-6-3-2-4-7-12/h2-10,24H,11H2,1H3. The minimum Gasteiger partial charge on any atom is -0.464 e. The van der Waals surface area contributed by atoms with E-state index in [2.05, 4.69) is 9.84 Å². The Balaban J connectivity index is 2.09. The van der Waals surface area contributed by atoms with Gasteiger partial charge in [-0.25, -0.2) is 4.79 Å². The summed E-state index contributed by atoms with van der Waals surface area (Å²) in [6, 6.07) is 13.3. The number of methoxy groups -OCH3 is 1. The van der Waals surface area contributed by atoms with Gasteiger partial charge in [0.2, 0.25) is 0 Å². The number of nitrogens with zero attached hydrogens (tertiary/aromatic N) is 3. The number of nitro benzene ring substituents is 1. The highest BCUT2D eigenvalue weighted by Crippen LogP contribution is 2.37. The van der Waals surface area contributed by atoms with Crippen molar-refractivity contribution in [3.63, 3.8) is 0 Å². The Hall–Kier alpha value is -3.59. The molecule has 0 radical (unpaired) electrons. The van der Waals surface area contributed by atoms with Crippen LogP contribution < -0.4 is 0 Å². The number of rotatable bonds is 4. The van der Waals surface area contributed by atoms with Gasteiger partial charge in [-0.3, -0.25) is 14.9 Å². The summed E-state index contributed by atoms with van der Waals surface area (Å²) in [5, 5.41) is 27.0. The average Bonchev–Trinajstić information content (AvgIpc) is 3.06. The molecule has 1 amide bonds. The van der Waals surface area contributed by atoms with Crippen LogP contribution in [-0.2, 0) is 15.3 Å². The molecule has 138 valence electrons. The van der Waals surface area contributed by atoms with Gasteiger partial charge in [0.15, 0.2) is 11.4 Å². The second-order valence-corrected chi connectivity index (χ2v) is 5.82. The molecule has 0 saturated heterocycles. The first-order valence-corrected chi connectivity index (χ1v) is 7.89. The van der Waals surface area contributed by atoms with Gasteiger partial charge in [0.05, 0.1) is 18.5 Å². The third-order valence-corrected chi connectivity index (χ3v) is 4.14. The number of hydrazone groups is 1. The summed E-state index contributed by atoms with van der Waals surface area (Å²) >= 11 is 0. The summed E-state index contributed by atoms with van der Waals surface area (Å²) in [4.78, 5) is 35.2. The van der Waals surface area contributed by atoms with E-state index in [1.165, 1.54) is 30.3 Å². The second-order valence-electron chi connectivity index (χ2n) is 5.82. The molecule has 1 heterocycles. The lowest BCUT2D eigenvalue weighted by Gasteiger charge is -2.31. The maximum absolute atomic E-state index is 12.9. The fourth-order valence-electron chi connectivity index (χ4n) is 2.79. The zero-order valence-electron chi connectivity index (χ0n) is 14.2. The Morgan fingerprint density at radius 1 is 1.22 bits per heavy atom. The third kappa shape index (κ3) is 3.27. The number of non-ortho nitro benzene ring substituents is 1. The zero-order chi connectivity index (χ0) is 19.6. The molecule has 1 atom stereocenters. The zero-order valence-corrected chi connectivity index (χ0v) is 14.2. The third-order valence-electron chi connectivity index (χ3n) is 4.14. The molecule has 0 aromatic heterocycles. The topological polar surface area (TPSA) is 122 Å². The van der Waals surface area contributed by atoms with Crippen LogP contribution in [0.4, 0.5) is 5.69 Å². The monoisotopic (exact) mass is 369 g/mol. The lowest BCUT2D eigenvalue weighted by molar-refractivity contribution is -0.385. The highest BCUT2D eigenvalue weighted by molar-refractivity contribution is 6.37. The number of hydrogen-bond donors (Lipinski definition) is 1. The minimum absolute atomic E-state index is 0.0589. The first kappa shape index (κ1) is 18.2. The van der Waals surface area contributed by atoms with Crippen molar-refractivity contribution in [2.45, 2.75) is 12.1 Å². The number of carbonyl (C=O) groups is 2. The van der Waals surface area contributed by atoms with E-state index >= 15 is 0 Å². The maximum Gasteiger partial charge on any atom is 0.354 e. The van der Waals surface area contributed by atoms with E-state index < -0.39 is 22.5 Å². The minimum atomic E-state index is -2.07. The van der Waals surface area contributed by atoms with Gasteiger partial charge in [0.25, 0.3) is 11.6 Å². The fraction of sp³-hybridized carbons (Fsp3) is 0.167. The van der Waals surface area contributed by atoms with Crippen LogP contribution in [0.15, 0.2) is 59.7 Å². The van der Waals surface area contributed by atoms with Crippen LogP contribution in [0, 0.1) is 10.1 Å². The fourth-order valence-corrected chi connectivity index (χ4v) is 2.79. The van der Waals surface area contributed by atoms with Crippen LogP contribution in [-0.4, -0.2) is 39.7 Å². The van der Waals surface area contributed by atoms with Crippen molar-refractivity contribution in [3.05, 3.63) is 75.8 Å². The Labute approximate surface area is 153 Å². The Morgan fingerprint density at radius 3 is 2.56 bits per heavy atom. The van der Waals surface area contributed by atoms with E-state index in [1.54, 1.807) is 18.2 Å². The molecule has 1 N–H and O–H groups in total. The lowest BCUT2D eigenvalue weighted by atomic mass is 9.96. The van der Waals surface area contributed by atoms with Crippen LogP contribution in [0.2, 0.25) is 0 Å². The maximum atomic E-state index is 12.9. The predicted octanol–water partition coefficient (Wildman–Crippen LogP) is 1.81. The van der Waals surface area contributed by atoms with E-state index in [-0.39, 0.29) is 28.9 Å². The van der Waals surface area contributed by atoms with Crippen LogP contribution >= 0.6 is 0 Å². The van der Waals surface area contributed by atoms with Crippen molar-refractivity contribution < 1.29 is 24.4 Å². The number of hydrogen-bond acceptors (Lipinski definition) is 7. The van der Waals surface area contributed by atoms with Crippen LogP contribution in [0.5, 0.6) is 0 Å².